The molecule has 3 rings (SSSR count). The highest BCUT2D eigenvalue weighted by Crippen LogP contribution is 2.35. The minimum Gasteiger partial charge on any atom is -0.464 e. The number of halogens is 1. The van der Waals surface area contributed by atoms with Crippen molar-refractivity contribution < 1.29 is 17.9 Å². The van der Waals surface area contributed by atoms with Crippen LogP contribution in [0.5, 0.6) is 0 Å². The number of benzene rings is 1. The number of nitrogens with zero attached hydrogens (tertiary/aromatic N) is 1. The Kier molecular flexibility index (Phi) is 6.46. The van der Waals surface area contributed by atoms with Crippen LogP contribution >= 0.6 is 12.4 Å². The van der Waals surface area contributed by atoms with Crippen molar-refractivity contribution in [1.82, 2.24) is 9.29 Å². The zero-order valence-electron chi connectivity index (χ0n) is 14.3. The van der Waals surface area contributed by atoms with Gasteiger partial charge in [-0.1, -0.05) is 30.3 Å². The fraction of sp³-hybridized carbons (Fsp3) is 0.353. The highest BCUT2D eigenvalue weighted by atomic mass is 35.5. The van der Waals surface area contributed by atoms with Crippen molar-refractivity contribution in [2.24, 2.45) is 11.7 Å². The Morgan fingerprint density at radius 3 is 2.62 bits per heavy atom. The first-order valence-electron chi connectivity index (χ1n) is 7.99. The maximum Gasteiger partial charge on any atom is 0.354 e. The first-order chi connectivity index (χ1) is 12.0. The van der Waals surface area contributed by atoms with Crippen LogP contribution in [0.15, 0.2) is 47.5 Å². The van der Waals surface area contributed by atoms with Gasteiger partial charge in [-0.3, -0.25) is 0 Å². The van der Waals surface area contributed by atoms with Crippen LogP contribution < -0.4 is 5.73 Å². The number of ether oxygens (including phenoxy) is 1. The van der Waals surface area contributed by atoms with Gasteiger partial charge in [0.15, 0.2) is 0 Å². The Hall–Kier alpha value is -1.87. The lowest BCUT2D eigenvalue weighted by atomic mass is 9.89. The van der Waals surface area contributed by atoms with E-state index in [2.05, 4.69) is 9.72 Å². The van der Waals surface area contributed by atoms with Gasteiger partial charge in [0.05, 0.1) is 7.11 Å². The van der Waals surface area contributed by atoms with E-state index < -0.39 is 16.0 Å². The highest BCUT2D eigenvalue weighted by molar-refractivity contribution is 7.89. The molecule has 0 unspecified atom stereocenters. The summed E-state index contributed by atoms with van der Waals surface area (Å²) >= 11 is 0. The van der Waals surface area contributed by atoms with E-state index >= 15 is 0 Å². The smallest absolute Gasteiger partial charge is 0.354 e. The third-order valence-electron chi connectivity index (χ3n) is 4.64. The molecule has 3 N–H and O–H groups in total. The van der Waals surface area contributed by atoms with Gasteiger partial charge in [0.2, 0.25) is 10.0 Å². The Balaban J connectivity index is 0.00000243. The summed E-state index contributed by atoms with van der Waals surface area (Å²) in [7, 11) is -2.46. The van der Waals surface area contributed by atoms with Gasteiger partial charge in [0, 0.05) is 25.2 Å². The van der Waals surface area contributed by atoms with Crippen LogP contribution in [0.1, 0.15) is 22.0 Å². The number of esters is 1. The van der Waals surface area contributed by atoms with Crippen LogP contribution in [0.4, 0.5) is 0 Å². The number of aromatic amines is 1. The second kappa shape index (κ2) is 8.22. The zero-order chi connectivity index (χ0) is 18.0. The summed E-state index contributed by atoms with van der Waals surface area (Å²) in [6.07, 6.45) is 1.31. The monoisotopic (exact) mass is 399 g/mol. The molecule has 1 saturated heterocycles. The number of sulfonamides is 1. The van der Waals surface area contributed by atoms with E-state index in [-0.39, 0.29) is 34.8 Å². The Labute approximate surface area is 159 Å². The van der Waals surface area contributed by atoms with Gasteiger partial charge in [-0.15, -0.1) is 12.4 Å². The van der Waals surface area contributed by atoms with Gasteiger partial charge < -0.3 is 15.5 Å². The normalized spacial score (nSPS) is 20.5. The molecule has 2 atom stereocenters. The lowest BCUT2D eigenvalue weighted by Gasteiger charge is -2.16. The molecular formula is C17H22ClN3O4S. The minimum absolute atomic E-state index is 0. The largest absolute Gasteiger partial charge is 0.464 e. The van der Waals surface area contributed by atoms with Crippen molar-refractivity contribution in [2.75, 3.05) is 26.7 Å². The van der Waals surface area contributed by atoms with E-state index in [0.29, 0.717) is 19.6 Å². The number of hydrogen-bond acceptors (Lipinski definition) is 5. The van der Waals surface area contributed by atoms with Crippen molar-refractivity contribution in [3.63, 3.8) is 0 Å². The predicted octanol–water partition coefficient (Wildman–Crippen LogP) is 1.59. The molecule has 0 bridgehead atoms. The molecule has 1 aromatic heterocycles. The predicted molar refractivity (Wildman–Crippen MR) is 99.9 cm³/mol. The van der Waals surface area contributed by atoms with E-state index in [1.54, 1.807) is 0 Å². The summed E-state index contributed by atoms with van der Waals surface area (Å²) in [5, 5.41) is 0. The summed E-state index contributed by atoms with van der Waals surface area (Å²) in [5.41, 5.74) is 7.07. The topological polar surface area (TPSA) is 105 Å². The number of aromatic nitrogens is 1. The number of rotatable bonds is 5. The molecule has 0 aliphatic carbocycles. The third-order valence-corrected chi connectivity index (χ3v) is 6.45. The van der Waals surface area contributed by atoms with Gasteiger partial charge in [-0.2, -0.15) is 4.31 Å². The molecule has 0 saturated carbocycles. The van der Waals surface area contributed by atoms with Crippen LogP contribution in [0, 0.1) is 5.92 Å². The van der Waals surface area contributed by atoms with Crippen molar-refractivity contribution in [2.45, 2.75) is 10.8 Å². The Morgan fingerprint density at radius 2 is 2.00 bits per heavy atom. The number of hydrogen-bond donors (Lipinski definition) is 2. The average molecular weight is 400 g/mol. The lowest BCUT2D eigenvalue weighted by molar-refractivity contribution is 0.0594. The van der Waals surface area contributed by atoms with Gasteiger partial charge in [-0.25, -0.2) is 13.2 Å². The van der Waals surface area contributed by atoms with E-state index in [0.717, 1.165) is 5.56 Å². The van der Waals surface area contributed by atoms with Crippen LogP contribution in [0.25, 0.3) is 0 Å². The van der Waals surface area contributed by atoms with Crippen molar-refractivity contribution in [3.8, 4) is 0 Å². The molecular weight excluding hydrogens is 378 g/mol. The number of carbonyl (C=O) groups excluding carboxylic acids is 1. The molecule has 1 aliphatic heterocycles. The second-order valence-electron chi connectivity index (χ2n) is 6.08. The first kappa shape index (κ1) is 20.4. The molecule has 7 nitrogen and oxygen atoms in total. The fourth-order valence-electron chi connectivity index (χ4n) is 3.24. The van der Waals surface area contributed by atoms with E-state index in [1.165, 1.54) is 23.7 Å². The summed E-state index contributed by atoms with van der Waals surface area (Å²) in [4.78, 5) is 14.2. The van der Waals surface area contributed by atoms with Gasteiger partial charge in [0.25, 0.3) is 0 Å². The molecule has 2 aromatic rings. The molecule has 0 amide bonds. The van der Waals surface area contributed by atoms with Gasteiger partial charge in [-0.05, 0) is 24.1 Å². The van der Waals surface area contributed by atoms with Crippen molar-refractivity contribution >= 4 is 28.4 Å². The molecule has 9 heteroatoms. The fourth-order valence-corrected chi connectivity index (χ4v) is 4.76. The molecule has 1 aliphatic rings. The summed E-state index contributed by atoms with van der Waals surface area (Å²) in [5.74, 6) is -0.499. The van der Waals surface area contributed by atoms with Crippen LogP contribution in [0.2, 0.25) is 0 Å². The number of methoxy groups -OCH3 is 1. The lowest BCUT2D eigenvalue weighted by Crippen LogP contribution is -2.29. The summed E-state index contributed by atoms with van der Waals surface area (Å²) in [6, 6.07) is 11.1. The summed E-state index contributed by atoms with van der Waals surface area (Å²) in [6.45, 7) is 1.14. The molecule has 142 valence electrons. The molecule has 1 fully saturated rings. The standard InChI is InChI=1S/C17H21N3O4S.ClH/c1-24-17(21)16-7-14(9-19-16)25(22,23)20-10-13(8-18)15(11-20)12-5-3-2-4-6-12;/h2-7,9,13,15,19H,8,10-11,18H2,1H3;1H/t13-,15+;/m1./s1. The number of H-pyrrole nitrogens is 1. The maximum atomic E-state index is 12.9. The van der Waals surface area contributed by atoms with Gasteiger partial charge >= 0.3 is 5.97 Å². The minimum atomic E-state index is -3.70. The van der Waals surface area contributed by atoms with Crippen LogP contribution in [-0.2, 0) is 14.8 Å². The zero-order valence-corrected chi connectivity index (χ0v) is 15.9. The molecule has 26 heavy (non-hydrogen) atoms. The van der Waals surface area contributed by atoms with Crippen molar-refractivity contribution in [3.05, 3.63) is 53.9 Å². The van der Waals surface area contributed by atoms with Crippen LogP contribution in [0.3, 0.4) is 0 Å². The highest BCUT2D eigenvalue weighted by Gasteiger charge is 2.39. The second-order valence-corrected chi connectivity index (χ2v) is 8.01. The summed E-state index contributed by atoms with van der Waals surface area (Å²) < 4.78 is 31.9. The third kappa shape index (κ3) is 3.78. The molecule has 0 spiro atoms. The maximum absolute atomic E-state index is 12.9. The van der Waals surface area contributed by atoms with E-state index in [4.69, 9.17) is 5.73 Å². The molecule has 1 aromatic carbocycles. The number of nitrogens with two attached hydrogens (primary N) is 1. The molecule has 2 heterocycles. The van der Waals surface area contributed by atoms with Gasteiger partial charge in [0.1, 0.15) is 10.6 Å². The van der Waals surface area contributed by atoms with E-state index in [9.17, 15) is 13.2 Å². The first-order valence-corrected chi connectivity index (χ1v) is 9.43. The number of carbonyl (C=O) groups is 1. The average Bonchev–Trinajstić information content (AvgIpc) is 3.29. The van der Waals surface area contributed by atoms with E-state index in [1.807, 2.05) is 30.3 Å². The SMILES string of the molecule is COC(=O)c1cc(S(=O)(=O)N2C[C@@H](CN)[C@H](c3ccccc3)C2)c[nH]1.Cl. The van der Waals surface area contributed by atoms with Crippen molar-refractivity contribution in [1.29, 1.82) is 0 Å². The Morgan fingerprint density at radius 1 is 1.31 bits per heavy atom. The quantitative estimate of drug-likeness (QED) is 0.742. The number of nitrogens with one attached hydrogen (secondary N) is 1. The van der Waals surface area contributed by atoms with Crippen LogP contribution in [-0.4, -0.2) is 50.4 Å². The molecule has 0 radical (unpaired) electrons. The Bertz CT molecular complexity index is 854.